The number of benzene rings is 1. The van der Waals surface area contributed by atoms with Crippen LogP contribution in [0.5, 0.6) is 0 Å². The molecular weight excluding hydrogens is 240 g/mol. The average Bonchev–Trinajstić information content (AvgIpc) is 2.87. The van der Waals surface area contributed by atoms with Crippen LogP contribution < -0.4 is 5.32 Å². The molecule has 19 heavy (non-hydrogen) atoms. The molecule has 3 atom stereocenters. The van der Waals surface area contributed by atoms with Crippen molar-refractivity contribution < 1.29 is 9.53 Å². The lowest BCUT2D eigenvalue weighted by Crippen LogP contribution is -2.57. The first-order valence-corrected chi connectivity index (χ1v) is 6.88. The van der Waals surface area contributed by atoms with Gasteiger partial charge in [0.2, 0.25) is 0 Å². The van der Waals surface area contributed by atoms with Gasteiger partial charge in [0.05, 0.1) is 7.11 Å². The van der Waals surface area contributed by atoms with Gasteiger partial charge in [0.1, 0.15) is 5.54 Å². The molecule has 2 aliphatic heterocycles. The molecule has 0 aliphatic carbocycles. The maximum atomic E-state index is 12.4. The molecule has 1 aromatic carbocycles. The largest absolute Gasteiger partial charge is 0.467 e. The van der Waals surface area contributed by atoms with Crippen molar-refractivity contribution in [3.63, 3.8) is 0 Å². The SMILES string of the molecule is COC(=O)C1(Nc2ccccc2)CCN2CCC1C2. The minimum Gasteiger partial charge on any atom is -0.467 e. The Morgan fingerprint density at radius 3 is 2.89 bits per heavy atom. The molecule has 1 N–H and O–H groups in total. The molecule has 2 heterocycles. The highest BCUT2D eigenvalue weighted by molar-refractivity contribution is 5.85. The molecule has 2 fully saturated rings. The summed E-state index contributed by atoms with van der Waals surface area (Å²) in [5, 5.41) is 3.47. The number of nitrogens with one attached hydrogen (secondary N) is 1. The molecule has 1 aromatic rings. The summed E-state index contributed by atoms with van der Waals surface area (Å²) < 4.78 is 5.10. The van der Waals surface area contributed by atoms with Crippen LogP contribution in [0.15, 0.2) is 30.3 Å². The van der Waals surface area contributed by atoms with Gasteiger partial charge in [0.25, 0.3) is 0 Å². The Labute approximate surface area is 113 Å². The first-order valence-electron chi connectivity index (χ1n) is 6.88. The zero-order chi connectivity index (χ0) is 13.3. The molecule has 2 saturated heterocycles. The second-order valence-electron chi connectivity index (χ2n) is 5.49. The maximum Gasteiger partial charge on any atom is 0.331 e. The van der Waals surface area contributed by atoms with E-state index in [1.54, 1.807) is 0 Å². The number of fused-ring (bicyclic) bond motifs is 2. The predicted octanol–water partition coefficient (Wildman–Crippen LogP) is 1.74. The van der Waals surface area contributed by atoms with Crippen molar-refractivity contribution in [3.05, 3.63) is 30.3 Å². The predicted molar refractivity (Wildman–Crippen MR) is 74.0 cm³/mol. The van der Waals surface area contributed by atoms with Crippen molar-refractivity contribution in [2.24, 2.45) is 5.92 Å². The van der Waals surface area contributed by atoms with Gasteiger partial charge in [0.15, 0.2) is 0 Å². The summed E-state index contributed by atoms with van der Waals surface area (Å²) in [7, 11) is 1.48. The number of hydrogen-bond acceptors (Lipinski definition) is 4. The van der Waals surface area contributed by atoms with Gasteiger partial charge in [-0.2, -0.15) is 0 Å². The lowest BCUT2D eigenvalue weighted by atomic mass is 9.78. The number of esters is 1. The van der Waals surface area contributed by atoms with Gasteiger partial charge < -0.3 is 15.0 Å². The van der Waals surface area contributed by atoms with E-state index in [0.717, 1.165) is 38.2 Å². The summed E-state index contributed by atoms with van der Waals surface area (Å²) >= 11 is 0. The van der Waals surface area contributed by atoms with Crippen LogP contribution in [0.4, 0.5) is 5.69 Å². The van der Waals surface area contributed by atoms with Gasteiger partial charge >= 0.3 is 5.97 Å². The second kappa shape index (κ2) is 4.85. The molecule has 0 amide bonds. The van der Waals surface area contributed by atoms with E-state index < -0.39 is 5.54 Å². The molecule has 2 bridgehead atoms. The quantitative estimate of drug-likeness (QED) is 0.841. The topological polar surface area (TPSA) is 41.6 Å². The van der Waals surface area contributed by atoms with Crippen LogP contribution in [-0.2, 0) is 9.53 Å². The Hall–Kier alpha value is -1.55. The smallest absolute Gasteiger partial charge is 0.331 e. The highest BCUT2D eigenvalue weighted by Crippen LogP contribution is 2.38. The highest BCUT2D eigenvalue weighted by atomic mass is 16.5. The molecule has 0 spiro atoms. The molecule has 4 nitrogen and oxygen atoms in total. The van der Waals surface area contributed by atoms with Gasteiger partial charge in [0, 0.05) is 24.7 Å². The minimum atomic E-state index is -0.552. The third-order valence-corrected chi connectivity index (χ3v) is 4.48. The van der Waals surface area contributed by atoms with Crippen molar-refractivity contribution in [2.75, 3.05) is 32.1 Å². The van der Waals surface area contributed by atoms with E-state index in [2.05, 4.69) is 10.2 Å². The third kappa shape index (κ3) is 2.10. The summed E-state index contributed by atoms with van der Waals surface area (Å²) in [6.07, 6.45) is 1.88. The molecule has 4 heteroatoms. The van der Waals surface area contributed by atoms with Crippen molar-refractivity contribution in [3.8, 4) is 0 Å². The number of anilines is 1. The molecule has 0 aromatic heterocycles. The standard InChI is InChI=1S/C15H20N2O2/c1-19-14(18)15(16-13-5-3-2-4-6-13)8-10-17-9-7-12(15)11-17/h2-6,12,16H,7-11H2,1H3. The van der Waals surface area contributed by atoms with E-state index >= 15 is 0 Å². The van der Waals surface area contributed by atoms with E-state index in [1.165, 1.54) is 7.11 Å². The zero-order valence-electron chi connectivity index (χ0n) is 11.3. The van der Waals surface area contributed by atoms with Crippen molar-refractivity contribution in [1.82, 2.24) is 4.90 Å². The summed E-state index contributed by atoms with van der Waals surface area (Å²) in [4.78, 5) is 14.8. The van der Waals surface area contributed by atoms with E-state index in [-0.39, 0.29) is 5.97 Å². The molecule has 0 radical (unpaired) electrons. The van der Waals surface area contributed by atoms with Crippen LogP contribution >= 0.6 is 0 Å². The summed E-state index contributed by atoms with van der Waals surface area (Å²) in [5.74, 6) is 0.219. The lowest BCUT2D eigenvalue weighted by molar-refractivity contribution is -0.149. The number of carbonyl (C=O) groups excluding carboxylic acids is 1. The van der Waals surface area contributed by atoms with Gasteiger partial charge in [-0.1, -0.05) is 18.2 Å². The van der Waals surface area contributed by atoms with Crippen molar-refractivity contribution >= 4 is 11.7 Å². The fourth-order valence-electron chi connectivity index (χ4n) is 3.42. The van der Waals surface area contributed by atoms with Crippen LogP contribution in [0.2, 0.25) is 0 Å². The van der Waals surface area contributed by atoms with Crippen LogP contribution in [0.1, 0.15) is 12.8 Å². The number of nitrogens with zero attached hydrogens (tertiary/aromatic N) is 1. The summed E-state index contributed by atoms with van der Waals surface area (Å²) in [5.41, 5.74) is 0.441. The van der Waals surface area contributed by atoms with Gasteiger partial charge in [-0.25, -0.2) is 4.79 Å². The Morgan fingerprint density at radius 1 is 1.37 bits per heavy atom. The number of piperidine rings is 1. The van der Waals surface area contributed by atoms with E-state index in [1.807, 2.05) is 30.3 Å². The maximum absolute atomic E-state index is 12.4. The second-order valence-corrected chi connectivity index (χ2v) is 5.49. The fourth-order valence-corrected chi connectivity index (χ4v) is 3.42. The Kier molecular flexibility index (Phi) is 3.19. The summed E-state index contributed by atoms with van der Waals surface area (Å²) in [6.45, 7) is 3.06. The molecular formula is C15H20N2O2. The van der Waals surface area contributed by atoms with E-state index in [4.69, 9.17) is 4.74 Å². The van der Waals surface area contributed by atoms with Gasteiger partial charge in [-0.3, -0.25) is 0 Å². The first-order chi connectivity index (χ1) is 9.24. The average molecular weight is 260 g/mol. The monoisotopic (exact) mass is 260 g/mol. The number of para-hydroxylation sites is 1. The first kappa shape index (κ1) is 12.5. The van der Waals surface area contributed by atoms with E-state index in [0.29, 0.717) is 5.92 Å². The van der Waals surface area contributed by atoms with Gasteiger partial charge in [-0.15, -0.1) is 0 Å². The number of ether oxygens (including phenoxy) is 1. The van der Waals surface area contributed by atoms with Crippen LogP contribution in [0.25, 0.3) is 0 Å². The van der Waals surface area contributed by atoms with Crippen LogP contribution in [0.3, 0.4) is 0 Å². The molecule has 2 aliphatic rings. The van der Waals surface area contributed by atoms with Crippen LogP contribution in [-0.4, -0.2) is 43.2 Å². The molecule has 3 unspecified atom stereocenters. The number of hydrogen-bond donors (Lipinski definition) is 1. The third-order valence-electron chi connectivity index (χ3n) is 4.48. The number of rotatable bonds is 3. The van der Waals surface area contributed by atoms with Crippen molar-refractivity contribution in [1.29, 1.82) is 0 Å². The van der Waals surface area contributed by atoms with Crippen molar-refractivity contribution in [2.45, 2.75) is 18.4 Å². The molecule has 3 rings (SSSR count). The normalized spacial score (nSPS) is 32.9. The number of carbonyl (C=O) groups is 1. The van der Waals surface area contributed by atoms with E-state index in [9.17, 15) is 4.79 Å². The Morgan fingerprint density at radius 2 is 2.16 bits per heavy atom. The Balaban J connectivity index is 1.91. The zero-order valence-corrected chi connectivity index (χ0v) is 11.3. The Bertz CT molecular complexity index is 462. The lowest BCUT2D eigenvalue weighted by Gasteiger charge is -2.41. The van der Waals surface area contributed by atoms with Crippen LogP contribution in [0, 0.1) is 5.92 Å². The van der Waals surface area contributed by atoms with Gasteiger partial charge in [-0.05, 0) is 31.5 Å². The minimum absolute atomic E-state index is 0.122. The molecule has 0 saturated carbocycles. The number of methoxy groups -OCH3 is 1. The molecule has 102 valence electrons. The fraction of sp³-hybridized carbons (Fsp3) is 0.533. The highest BCUT2D eigenvalue weighted by Gasteiger charge is 2.52. The summed E-state index contributed by atoms with van der Waals surface area (Å²) in [6, 6.07) is 9.96.